The molecule has 0 aromatic heterocycles. The Kier molecular flexibility index (Phi) is 47.9. The summed E-state index contributed by atoms with van der Waals surface area (Å²) in [4.78, 5) is 0. The average Bonchev–Trinajstić information content (AvgIpc) is 2.67. The normalized spacial score (nSPS) is 15.0. The van der Waals surface area contributed by atoms with Gasteiger partial charge >= 0.3 is 56.5 Å². The summed E-state index contributed by atoms with van der Waals surface area (Å²) >= 11 is 1.93. The summed E-state index contributed by atoms with van der Waals surface area (Å²) in [6.45, 7) is 25.4. The second-order valence-electron chi connectivity index (χ2n) is 3.16. The third kappa shape index (κ3) is 17.3. The topological polar surface area (TPSA) is 109 Å². The van der Waals surface area contributed by atoms with Gasteiger partial charge in [-0.25, -0.2) is 0 Å². The summed E-state index contributed by atoms with van der Waals surface area (Å²) in [5.41, 5.74) is 1.87. The van der Waals surface area contributed by atoms with Crippen LogP contribution >= 0.6 is 11.8 Å². The predicted molar refractivity (Wildman–Crippen MR) is 76.5 cm³/mol. The quantitative estimate of drug-likeness (QED) is 0.453. The molecule has 0 spiro atoms. The first-order valence-electron chi connectivity index (χ1n) is 5.74. The third-order valence-electron chi connectivity index (χ3n) is 2.25. The fourth-order valence-corrected chi connectivity index (χ4v) is 2.65. The van der Waals surface area contributed by atoms with Gasteiger partial charge in [0, 0.05) is 32.9 Å². The predicted octanol–water partition coefficient (Wildman–Crippen LogP) is 3.04. The Hall–Kier alpha value is -1.08. The number of benzene rings is 1. The largest absolute Gasteiger partial charge is 0 e. The van der Waals surface area contributed by atoms with Crippen LogP contribution in [-0.4, -0.2) is 12.0 Å². The molecule has 0 aliphatic carbocycles. The molecule has 1 aliphatic heterocycles. The zero-order valence-electron chi connectivity index (χ0n) is 12.7. The molecule has 2 rings (SSSR count). The Labute approximate surface area is 160 Å². The van der Waals surface area contributed by atoms with Gasteiger partial charge in [-0.1, -0.05) is 30.3 Å². The van der Waals surface area contributed by atoms with Crippen molar-refractivity contribution in [1.82, 2.24) is 0 Å². The maximum absolute atomic E-state index is 7.50. The molecule has 1 heterocycles. The molecule has 0 saturated carbocycles. The Morgan fingerprint density at radius 1 is 0.917 bits per heavy atom. The Bertz CT molecular complexity index is 414. The van der Waals surface area contributed by atoms with E-state index in [4.69, 9.17) is 28.0 Å². The molecule has 24 heavy (non-hydrogen) atoms. The third-order valence-corrected chi connectivity index (χ3v) is 3.67. The first-order valence-corrected chi connectivity index (χ1v) is 6.68. The van der Waals surface area contributed by atoms with Gasteiger partial charge in [-0.2, -0.15) is 0 Å². The Morgan fingerprint density at radius 2 is 1.29 bits per heavy atom. The van der Waals surface area contributed by atoms with E-state index < -0.39 is 0 Å². The van der Waals surface area contributed by atoms with Crippen LogP contribution in [0.4, 0.5) is 0 Å². The first kappa shape index (κ1) is 34.3. The molecule has 8 heteroatoms. The van der Waals surface area contributed by atoms with E-state index in [1.54, 1.807) is 0 Å². The molecule has 0 bridgehead atoms. The van der Waals surface area contributed by atoms with Crippen LogP contribution in [0, 0.1) is 33.3 Å². The minimum atomic E-state index is 0. The van der Waals surface area contributed by atoms with Crippen LogP contribution in [0.2, 0.25) is 0 Å². The van der Waals surface area contributed by atoms with Crippen LogP contribution < -0.4 is 0 Å². The van der Waals surface area contributed by atoms with Crippen molar-refractivity contribution in [1.29, 1.82) is 0 Å². The second kappa shape index (κ2) is 33.5. The minimum Gasteiger partial charge on any atom is 0 e. The number of hydrogen-bond acceptors (Lipinski definition) is 2. The van der Waals surface area contributed by atoms with Gasteiger partial charge in [0.1, 0.15) is 5.44 Å². The van der Waals surface area contributed by atoms with Gasteiger partial charge in [0.15, 0.2) is 0 Å². The summed E-state index contributed by atoms with van der Waals surface area (Å²) in [5.74, 6) is 0. The molecule has 0 amide bonds. The summed E-state index contributed by atoms with van der Waals surface area (Å²) in [5, 5.41) is 0.665. The van der Waals surface area contributed by atoms with E-state index in [1.807, 2.05) is 11.8 Å². The van der Waals surface area contributed by atoms with Crippen molar-refractivity contribution in [3.05, 3.63) is 69.1 Å². The van der Waals surface area contributed by atoms with Gasteiger partial charge < -0.3 is 4.74 Å². The molecule has 1 aromatic carbocycles. The molecule has 1 aliphatic rings. The maximum atomic E-state index is 7.50. The molecule has 0 radical (unpaired) electrons. The average molecular weight is 518 g/mol. The Balaban J connectivity index is -0.0000000950. The molecule has 0 unspecified atom stereocenters. The van der Waals surface area contributed by atoms with Crippen molar-refractivity contribution < 1.29 is 49.1 Å². The van der Waals surface area contributed by atoms with Gasteiger partial charge in [0.2, 0.25) is 0 Å². The van der Waals surface area contributed by atoms with Crippen LogP contribution in [0.5, 0.6) is 0 Å². The first-order chi connectivity index (χ1) is 11.4. The summed E-state index contributed by atoms with van der Waals surface area (Å²) in [6.07, 6.45) is 1.17. The zero-order valence-corrected chi connectivity index (χ0v) is 16.5. The molecule has 0 N–H and O–H groups in total. The van der Waals surface area contributed by atoms with Crippen LogP contribution in [0.15, 0.2) is 30.3 Å². The summed E-state index contributed by atoms with van der Waals surface area (Å²) in [7, 11) is 0. The fourth-order valence-electron chi connectivity index (χ4n) is 1.52. The van der Waals surface area contributed by atoms with Crippen molar-refractivity contribution in [2.24, 2.45) is 0 Å². The van der Waals surface area contributed by atoms with Gasteiger partial charge in [-0.05, 0) is 18.9 Å². The molecular formula is C16H14O6SW. The molecule has 1 saturated heterocycles. The number of hydrogen-bond donors (Lipinski definition) is 0. The van der Waals surface area contributed by atoms with Crippen molar-refractivity contribution in [2.75, 3.05) is 6.61 Å². The van der Waals surface area contributed by atoms with E-state index in [-0.39, 0.29) is 21.1 Å². The van der Waals surface area contributed by atoms with Crippen molar-refractivity contribution in [3.8, 4) is 0 Å². The monoisotopic (exact) mass is 518 g/mol. The summed E-state index contributed by atoms with van der Waals surface area (Å²) in [6, 6.07) is 10.7. The molecule has 2 atom stereocenters. The summed E-state index contributed by atoms with van der Waals surface area (Å²) < 4.78 is 43.0. The molecule has 1 fully saturated rings. The zero-order chi connectivity index (χ0) is 19.1. The van der Waals surface area contributed by atoms with Crippen molar-refractivity contribution in [2.45, 2.75) is 24.0 Å². The van der Waals surface area contributed by atoms with Crippen molar-refractivity contribution >= 4 is 11.8 Å². The number of rotatable bonds is 3. The van der Waals surface area contributed by atoms with Gasteiger partial charge in [-0.15, -0.1) is 11.8 Å². The van der Waals surface area contributed by atoms with Crippen LogP contribution in [0.25, 0.3) is 0 Å². The van der Waals surface area contributed by atoms with Crippen molar-refractivity contribution in [3.63, 3.8) is 0 Å². The second-order valence-corrected chi connectivity index (χ2v) is 4.52. The standard InChI is InChI=1S/C11H14OS.5CO.W/c1-2-12-11-8-10(13-11)9-6-4-3-5-7-9;5*1-2;/h3-7,10-11H,2,8H2,1H3;;;;;;/t10-,11+;;;;;;/m1....../s1. The maximum Gasteiger partial charge on any atom is 0 e. The number of thioether (sulfide) groups is 1. The molecule has 126 valence electrons. The molecular weight excluding hydrogens is 504 g/mol. The van der Waals surface area contributed by atoms with Crippen LogP contribution in [0.3, 0.4) is 0 Å². The SMILES string of the molecule is CCO[C@@H]1C[C@H](c2ccccc2)S1.[C-]#[O+].[C-]#[O+].[C-]#[O+].[C-]#[O+].[C-]#[O+].[W]. The van der Waals surface area contributed by atoms with Gasteiger partial charge in [0.05, 0.1) is 0 Å². The smallest absolute Gasteiger partial charge is 0 e. The number of ether oxygens (including phenoxy) is 1. The molecule has 6 nitrogen and oxygen atoms in total. The van der Waals surface area contributed by atoms with E-state index in [0.29, 0.717) is 10.7 Å². The fraction of sp³-hybridized carbons (Fsp3) is 0.312. The van der Waals surface area contributed by atoms with E-state index in [9.17, 15) is 0 Å². The van der Waals surface area contributed by atoms with Crippen LogP contribution in [0.1, 0.15) is 24.2 Å². The van der Waals surface area contributed by atoms with E-state index in [1.165, 1.54) is 12.0 Å². The Morgan fingerprint density at radius 3 is 1.62 bits per heavy atom. The van der Waals surface area contributed by atoms with Gasteiger partial charge in [0.25, 0.3) is 0 Å². The van der Waals surface area contributed by atoms with Gasteiger partial charge in [-0.3, -0.25) is 0 Å². The van der Waals surface area contributed by atoms with E-state index in [2.05, 4.69) is 70.5 Å². The van der Waals surface area contributed by atoms with E-state index >= 15 is 0 Å². The minimum absolute atomic E-state index is 0. The van der Waals surface area contributed by atoms with E-state index in [0.717, 1.165) is 6.61 Å². The molecule has 1 aromatic rings. The van der Waals surface area contributed by atoms with Crippen LogP contribution in [-0.2, 0) is 49.1 Å².